The van der Waals surface area contributed by atoms with Crippen molar-refractivity contribution < 1.29 is 9.53 Å². The number of nitrogens with one attached hydrogen (secondary N) is 1. The number of hydrogen-bond donors (Lipinski definition) is 1. The number of rotatable bonds is 2. The van der Waals surface area contributed by atoms with Crippen LogP contribution in [0.5, 0.6) is 0 Å². The van der Waals surface area contributed by atoms with Gasteiger partial charge in [-0.2, -0.15) is 0 Å². The number of carbonyl (C=O) groups is 1. The second kappa shape index (κ2) is 3.54. The molecule has 1 N–H and O–H groups in total. The molecule has 2 rings (SSSR count). The Bertz CT molecular complexity index is 204. The maximum atomic E-state index is 11.5. The summed E-state index contributed by atoms with van der Waals surface area (Å²) in [5, 5.41) is 2.97. The summed E-state index contributed by atoms with van der Waals surface area (Å²) in [4.78, 5) is 13.4. The van der Waals surface area contributed by atoms with Gasteiger partial charge in [-0.15, -0.1) is 0 Å². The number of nitrogens with zero attached hydrogens (tertiary/aromatic N) is 1. The van der Waals surface area contributed by atoms with Gasteiger partial charge in [-0.1, -0.05) is 0 Å². The van der Waals surface area contributed by atoms with Gasteiger partial charge in [-0.05, 0) is 19.3 Å². The average Bonchev–Trinajstić information content (AvgIpc) is 2.82. The van der Waals surface area contributed by atoms with Gasteiger partial charge in [0.1, 0.15) is 0 Å². The largest absolute Gasteiger partial charge is 0.380 e. The van der Waals surface area contributed by atoms with Crippen LogP contribution in [0.4, 0.5) is 4.79 Å². The molecule has 74 valence electrons. The van der Waals surface area contributed by atoms with Crippen LogP contribution in [0.15, 0.2) is 0 Å². The zero-order valence-corrected chi connectivity index (χ0v) is 7.95. The van der Waals surface area contributed by atoms with Crippen LogP contribution in [0.3, 0.4) is 0 Å². The molecular formula is C9H16N2O2. The first kappa shape index (κ1) is 8.81. The van der Waals surface area contributed by atoms with Gasteiger partial charge in [0.15, 0.2) is 0 Å². The van der Waals surface area contributed by atoms with Gasteiger partial charge in [0.2, 0.25) is 0 Å². The van der Waals surface area contributed by atoms with Crippen molar-refractivity contribution in [3.8, 4) is 0 Å². The van der Waals surface area contributed by atoms with E-state index >= 15 is 0 Å². The van der Waals surface area contributed by atoms with E-state index in [9.17, 15) is 4.79 Å². The third-order valence-electron chi connectivity index (χ3n) is 2.67. The molecule has 4 nitrogen and oxygen atoms in total. The standard InChI is InChI=1S/C9H16N2O2/c1-13-8-4-5-11(6-8)9(12)10-7-2-3-7/h7-8H,2-6H2,1H3,(H,10,12)/t8-/m0/s1. The molecule has 2 aliphatic rings. The van der Waals surface area contributed by atoms with Crippen LogP contribution in [0, 0.1) is 0 Å². The number of methoxy groups -OCH3 is 1. The molecule has 4 heteroatoms. The molecule has 2 fully saturated rings. The van der Waals surface area contributed by atoms with Crippen LogP contribution < -0.4 is 5.32 Å². The lowest BCUT2D eigenvalue weighted by atomic mass is 10.3. The van der Waals surface area contributed by atoms with Crippen molar-refractivity contribution in [2.75, 3.05) is 20.2 Å². The molecule has 0 unspecified atom stereocenters. The number of carbonyl (C=O) groups excluding carboxylic acids is 1. The van der Waals surface area contributed by atoms with Crippen molar-refractivity contribution in [3.05, 3.63) is 0 Å². The monoisotopic (exact) mass is 184 g/mol. The Morgan fingerprint density at radius 1 is 1.46 bits per heavy atom. The molecule has 1 heterocycles. The van der Waals surface area contributed by atoms with Crippen LogP contribution in [-0.2, 0) is 4.74 Å². The Hall–Kier alpha value is -0.770. The molecule has 1 saturated carbocycles. The molecular weight excluding hydrogens is 168 g/mol. The van der Waals surface area contributed by atoms with E-state index in [1.807, 2.05) is 4.90 Å². The van der Waals surface area contributed by atoms with Gasteiger partial charge in [-0.25, -0.2) is 4.79 Å². The van der Waals surface area contributed by atoms with E-state index in [2.05, 4.69) is 5.32 Å². The van der Waals surface area contributed by atoms with E-state index in [4.69, 9.17) is 4.74 Å². The summed E-state index contributed by atoms with van der Waals surface area (Å²) >= 11 is 0. The topological polar surface area (TPSA) is 41.6 Å². The summed E-state index contributed by atoms with van der Waals surface area (Å²) in [5.74, 6) is 0. The number of amides is 2. The highest BCUT2D eigenvalue weighted by molar-refractivity contribution is 5.75. The smallest absolute Gasteiger partial charge is 0.317 e. The van der Waals surface area contributed by atoms with Crippen LogP contribution in [-0.4, -0.2) is 43.3 Å². The predicted molar refractivity (Wildman–Crippen MR) is 48.5 cm³/mol. The Labute approximate surface area is 78.2 Å². The number of urea groups is 1. The van der Waals surface area contributed by atoms with Crippen LogP contribution >= 0.6 is 0 Å². The summed E-state index contributed by atoms with van der Waals surface area (Å²) in [6.07, 6.45) is 3.50. The lowest BCUT2D eigenvalue weighted by Gasteiger charge is -2.16. The molecule has 0 bridgehead atoms. The fraction of sp³-hybridized carbons (Fsp3) is 0.889. The summed E-state index contributed by atoms with van der Waals surface area (Å²) in [6, 6.07) is 0.538. The van der Waals surface area contributed by atoms with E-state index in [1.165, 1.54) is 0 Å². The van der Waals surface area contributed by atoms with E-state index in [-0.39, 0.29) is 12.1 Å². The highest BCUT2D eigenvalue weighted by Crippen LogP contribution is 2.20. The lowest BCUT2D eigenvalue weighted by molar-refractivity contribution is 0.110. The van der Waals surface area contributed by atoms with Crippen molar-refractivity contribution in [3.63, 3.8) is 0 Å². The van der Waals surface area contributed by atoms with Gasteiger partial charge in [-0.3, -0.25) is 0 Å². The maximum Gasteiger partial charge on any atom is 0.317 e. The Balaban J connectivity index is 1.77. The van der Waals surface area contributed by atoms with Gasteiger partial charge < -0.3 is 15.0 Å². The van der Waals surface area contributed by atoms with Crippen molar-refractivity contribution in [2.45, 2.75) is 31.4 Å². The highest BCUT2D eigenvalue weighted by Gasteiger charge is 2.30. The zero-order valence-electron chi connectivity index (χ0n) is 7.95. The maximum absolute atomic E-state index is 11.5. The molecule has 13 heavy (non-hydrogen) atoms. The normalized spacial score (nSPS) is 27.8. The number of ether oxygens (including phenoxy) is 1. The van der Waals surface area contributed by atoms with Crippen LogP contribution in [0.2, 0.25) is 0 Å². The minimum atomic E-state index is 0.0852. The number of hydrogen-bond acceptors (Lipinski definition) is 2. The van der Waals surface area contributed by atoms with Gasteiger partial charge in [0, 0.05) is 26.2 Å². The van der Waals surface area contributed by atoms with Crippen molar-refractivity contribution in [1.29, 1.82) is 0 Å². The van der Waals surface area contributed by atoms with Crippen molar-refractivity contribution in [1.82, 2.24) is 10.2 Å². The first-order valence-electron chi connectivity index (χ1n) is 4.88. The second-order valence-electron chi connectivity index (χ2n) is 3.82. The molecule has 1 aliphatic carbocycles. The van der Waals surface area contributed by atoms with E-state index < -0.39 is 0 Å². The summed E-state index contributed by atoms with van der Waals surface area (Å²) < 4.78 is 5.19. The minimum Gasteiger partial charge on any atom is -0.380 e. The van der Waals surface area contributed by atoms with E-state index in [0.29, 0.717) is 6.04 Å². The van der Waals surface area contributed by atoms with Crippen LogP contribution in [0.1, 0.15) is 19.3 Å². The molecule has 0 aromatic carbocycles. The Morgan fingerprint density at radius 2 is 2.23 bits per heavy atom. The molecule has 2 amide bonds. The van der Waals surface area contributed by atoms with Crippen molar-refractivity contribution in [2.24, 2.45) is 0 Å². The Kier molecular flexibility index (Phi) is 2.40. The molecule has 0 radical (unpaired) electrons. The third-order valence-corrected chi connectivity index (χ3v) is 2.67. The first-order valence-corrected chi connectivity index (χ1v) is 4.88. The molecule has 1 saturated heterocycles. The van der Waals surface area contributed by atoms with Gasteiger partial charge in [0.25, 0.3) is 0 Å². The fourth-order valence-corrected chi connectivity index (χ4v) is 1.60. The quantitative estimate of drug-likeness (QED) is 0.682. The van der Waals surface area contributed by atoms with Crippen LogP contribution in [0.25, 0.3) is 0 Å². The summed E-state index contributed by atoms with van der Waals surface area (Å²) in [6.45, 7) is 1.58. The second-order valence-corrected chi connectivity index (χ2v) is 3.82. The molecule has 1 aliphatic heterocycles. The third kappa shape index (κ3) is 2.12. The zero-order chi connectivity index (χ0) is 9.26. The summed E-state index contributed by atoms with van der Waals surface area (Å²) in [7, 11) is 1.70. The molecule has 0 aromatic heterocycles. The SMILES string of the molecule is CO[C@H]1CCN(C(=O)NC2CC2)C1. The minimum absolute atomic E-state index is 0.0852. The lowest BCUT2D eigenvalue weighted by Crippen LogP contribution is -2.40. The molecule has 0 spiro atoms. The van der Waals surface area contributed by atoms with Gasteiger partial charge >= 0.3 is 6.03 Å². The van der Waals surface area contributed by atoms with Crippen molar-refractivity contribution >= 4 is 6.03 Å². The predicted octanol–water partition coefficient (Wildman–Crippen LogP) is 0.579. The molecule has 0 aromatic rings. The van der Waals surface area contributed by atoms with E-state index in [0.717, 1.165) is 32.4 Å². The molecule has 1 atom stereocenters. The first-order chi connectivity index (χ1) is 6.29. The Morgan fingerprint density at radius 3 is 2.77 bits per heavy atom. The number of likely N-dealkylation sites (tertiary alicyclic amines) is 1. The van der Waals surface area contributed by atoms with Gasteiger partial charge in [0.05, 0.1) is 6.10 Å². The van der Waals surface area contributed by atoms with E-state index in [1.54, 1.807) is 7.11 Å². The fourth-order valence-electron chi connectivity index (χ4n) is 1.60. The summed E-state index contributed by atoms with van der Waals surface area (Å²) in [5.41, 5.74) is 0. The highest BCUT2D eigenvalue weighted by atomic mass is 16.5. The average molecular weight is 184 g/mol.